The van der Waals surface area contributed by atoms with Crippen LogP contribution in [0.1, 0.15) is 19.3 Å². The number of hydrogen-bond acceptors (Lipinski definition) is 3. The van der Waals surface area contributed by atoms with Gasteiger partial charge in [-0.3, -0.25) is 4.31 Å². The third-order valence-corrected chi connectivity index (χ3v) is 2.62. The lowest BCUT2D eigenvalue weighted by molar-refractivity contribution is 0.214. The minimum absolute atomic E-state index is 0.0478. The zero-order valence-electron chi connectivity index (χ0n) is 8.02. The fraction of sp³-hybridized carbons (Fsp3) is 0.667. The van der Waals surface area contributed by atoms with E-state index in [4.69, 9.17) is 5.11 Å². The third kappa shape index (κ3) is 3.23. The molecule has 80 valence electrons. The van der Waals surface area contributed by atoms with E-state index in [2.05, 4.69) is 24.2 Å². The predicted octanol–water partition coefficient (Wildman–Crippen LogP) is 0.944. The summed E-state index contributed by atoms with van der Waals surface area (Å²) in [6.45, 7) is 0.222. The van der Waals surface area contributed by atoms with E-state index in [1.165, 1.54) is 4.31 Å². The number of nitrogens with zero attached hydrogens (tertiary/aromatic N) is 1. The van der Waals surface area contributed by atoms with Crippen LogP contribution in [0.3, 0.4) is 0 Å². The monoisotopic (exact) mass is 216 g/mol. The van der Waals surface area contributed by atoms with Gasteiger partial charge in [0.2, 0.25) is 0 Å². The van der Waals surface area contributed by atoms with Gasteiger partial charge in [-0.05, 0) is 19.3 Å². The van der Waals surface area contributed by atoms with E-state index < -0.39 is 0 Å². The third-order valence-electron chi connectivity index (χ3n) is 2.14. The molecule has 0 fully saturated rings. The summed E-state index contributed by atoms with van der Waals surface area (Å²) in [6, 6.07) is -0.176. The van der Waals surface area contributed by atoms with Crippen LogP contribution >= 0.6 is 12.8 Å². The van der Waals surface area contributed by atoms with Crippen molar-refractivity contribution in [3.05, 3.63) is 12.2 Å². The molecule has 0 aliphatic heterocycles. The van der Waals surface area contributed by atoms with Crippen molar-refractivity contribution in [3.8, 4) is 0 Å². The number of aliphatic hydroxyl groups is 1. The van der Waals surface area contributed by atoms with Crippen LogP contribution in [-0.4, -0.2) is 34.6 Å². The van der Waals surface area contributed by atoms with Crippen LogP contribution in [0.25, 0.3) is 0 Å². The van der Waals surface area contributed by atoms with Crippen molar-refractivity contribution >= 4 is 18.8 Å². The Bertz CT molecular complexity index is 221. The summed E-state index contributed by atoms with van der Waals surface area (Å²) >= 11 is 4.13. The predicted molar refractivity (Wildman–Crippen MR) is 58.1 cm³/mol. The van der Waals surface area contributed by atoms with Crippen molar-refractivity contribution in [3.63, 3.8) is 0 Å². The van der Waals surface area contributed by atoms with Crippen molar-refractivity contribution in [1.82, 2.24) is 9.62 Å². The second-order valence-corrected chi connectivity index (χ2v) is 3.66. The van der Waals surface area contributed by atoms with Gasteiger partial charge in [-0.2, -0.15) is 0 Å². The standard InChI is InChI=1S/C9H16N2O2S/c12-7-6-10-9(13)11(14)8-4-2-1-3-5-8/h2,4,8,12,14H,1,3,5-7H2,(H,10,13). The first-order chi connectivity index (χ1) is 6.75. The number of rotatable bonds is 3. The number of thiol groups is 1. The van der Waals surface area contributed by atoms with Gasteiger partial charge in [-0.15, -0.1) is 0 Å². The lowest BCUT2D eigenvalue weighted by atomic mass is 10.0. The summed E-state index contributed by atoms with van der Waals surface area (Å²) in [7, 11) is 0. The molecule has 2 N–H and O–H groups in total. The molecule has 1 rings (SSSR count). The quantitative estimate of drug-likeness (QED) is 0.486. The van der Waals surface area contributed by atoms with Gasteiger partial charge in [0, 0.05) is 6.54 Å². The lowest BCUT2D eigenvalue weighted by Crippen LogP contribution is -2.41. The number of urea groups is 1. The molecule has 0 heterocycles. The van der Waals surface area contributed by atoms with E-state index in [0.717, 1.165) is 19.3 Å². The molecule has 0 aromatic rings. The van der Waals surface area contributed by atoms with Gasteiger partial charge in [0.1, 0.15) is 0 Å². The summed E-state index contributed by atoms with van der Waals surface area (Å²) in [6.07, 6.45) is 7.18. The number of carbonyl (C=O) groups is 1. The highest BCUT2D eigenvalue weighted by Gasteiger charge is 2.19. The van der Waals surface area contributed by atoms with Gasteiger partial charge in [0.25, 0.3) is 0 Å². The summed E-state index contributed by atoms with van der Waals surface area (Å²) in [5, 5.41) is 11.1. The Kier molecular flexibility index (Phi) is 4.82. The van der Waals surface area contributed by atoms with Crippen LogP contribution < -0.4 is 5.32 Å². The van der Waals surface area contributed by atoms with Gasteiger partial charge >= 0.3 is 6.03 Å². The number of amides is 2. The van der Waals surface area contributed by atoms with Gasteiger partial charge < -0.3 is 10.4 Å². The fourth-order valence-corrected chi connectivity index (χ4v) is 1.66. The van der Waals surface area contributed by atoms with Crippen LogP contribution in [0.5, 0.6) is 0 Å². The van der Waals surface area contributed by atoms with Crippen molar-refractivity contribution < 1.29 is 9.90 Å². The maximum atomic E-state index is 11.4. The number of hydrogen-bond donors (Lipinski definition) is 3. The molecule has 1 aliphatic rings. The zero-order chi connectivity index (χ0) is 10.4. The Morgan fingerprint density at radius 2 is 2.50 bits per heavy atom. The molecular formula is C9H16N2O2S. The smallest absolute Gasteiger partial charge is 0.327 e. The van der Waals surface area contributed by atoms with Gasteiger partial charge in [0.15, 0.2) is 0 Å². The van der Waals surface area contributed by atoms with Crippen LogP contribution in [0.15, 0.2) is 12.2 Å². The van der Waals surface area contributed by atoms with Crippen LogP contribution in [-0.2, 0) is 0 Å². The maximum Gasteiger partial charge on any atom is 0.327 e. The average molecular weight is 216 g/mol. The molecule has 1 aliphatic carbocycles. The maximum absolute atomic E-state index is 11.4. The molecule has 0 bridgehead atoms. The second-order valence-electron chi connectivity index (χ2n) is 3.23. The van der Waals surface area contributed by atoms with Crippen molar-refractivity contribution in [1.29, 1.82) is 0 Å². The fourth-order valence-electron chi connectivity index (χ4n) is 1.39. The van der Waals surface area contributed by atoms with E-state index in [9.17, 15) is 4.79 Å². The highest BCUT2D eigenvalue weighted by atomic mass is 32.1. The van der Waals surface area contributed by atoms with Crippen LogP contribution in [0.4, 0.5) is 4.79 Å². The number of allylic oxidation sites excluding steroid dienone is 1. The van der Waals surface area contributed by atoms with Crippen LogP contribution in [0.2, 0.25) is 0 Å². The minimum Gasteiger partial charge on any atom is -0.395 e. The molecule has 1 atom stereocenters. The number of aliphatic hydroxyl groups excluding tert-OH is 1. The first-order valence-electron chi connectivity index (χ1n) is 4.79. The molecule has 2 amide bonds. The molecular weight excluding hydrogens is 200 g/mol. The Balaban J connectivity index is 2.38. The number of carbonyl (C=O) groups excluding carboxylic acids is 1. The summed E-state index contributed by atoms with van der Waals surface area (Å²) < 4.78 is 1.38. The molecule has 0 saturated heterocycles. The van der Waals surface area contributed by atoms with Gasteiger partial charge in [-0.1, -0.05) is 25.0 Å². The molecule has 0 aromatic carbocycles. The van der Waals surface area contributed by atoms with E-state index in [1.54, 1.807) is 0 Å². The molecule has 0 saturated carbocycles. The SMILES string of the molecule is O=C(NCCO)N(S)C1C=CCCC1. The highest BCUT2D eigenvalue weighted by Crippen LogP contribution is 2.17. The minimum atomic E-state index is -0.251. The molecule has 14 heavy (non-hydrogen) atoms. The second kappa shape index (κ2) is 5.93. The molecule has 0 spiro atoms. The normalized spacial score (nSPS) is 20.6. The molecule has 0 radical (unpaired) electrons. The molecule has 4 nitrogen and oxygen atoms in total. The largest absolute Gasteiger partial charge is 0.395 e. The first kappa shape index (κ1) is 11.4. The summed E-state index contributed by atoms with van der Waals surface area (Å²) in [4.78, 5) is 11.4. The summed E-state index contributed by atoms with van der Waals surface area (Å²) in [5.41, 5.74) is 0. The zero-order valence-corrected chi connectivity index (χ0v) is 8.91. The van der Waals surface area contributed by atoms with Crippen molar-refractivity contribution in [2.45, 2.75) is 25.3 Å². The Morgan fingerprint density at radius 1 is 1.71 bits per heavy atom. The molecule has 0 aromatic heterocycles. The van der Waals surface area contributed by atoms with Crippen LogP contribution in [0, 0.1) is 0 Å². The van der Waals surface area contributed by atoms with E-state index in [-0.39, 0.29) is 25.2 Å². The van der Waals surface area contributed by atoms with Gasteiger partial charge in [-0.25, -0.2) is 4.79 Å². The van der Waals surface area contributed by atoms with E-state index in [1.807, 2.05) is 6.08 Å². The van der Waals surface area contributed by atoms with Crippen molar-refractivity contribution in [2.75, 3.05) is 13.2 Å². The molecule has 1 unspecified atom stereocenters. The average Bonchev–Trinajstić information content (AvgIpc) is 2.26. The Hall–Kier alpha value is -0.680. The lowest BCUT2D eigenvalue weighted by Gasteiger charge is -2.26. The van der Waals surface area contributed by atoms with Gasteiger partial charge in [0.05, 0.1) is 12.6 Å². The highest BCUT2D eigenvalue weighted by molar-refractivity contribution is 7.78. The van der Waals surface area contributed by atoms with E-state index in [0.29, 0.717) is 0 Å². The molecule has 5 heteroatoms. The number of nitrogens with one attached hydrogen (secondary N) is 1. The first-order valence-corrected chi connectivity index (χ1v) is 5.19. The Labute approximate surface area is 89.5 Å². The summed E-state index contributed by atoms with van der Waals surface area (Å²) in [5.74, 6) is 0. The Morgan fingerprint density at radius 3 is 3.07 bits per heavy atom. The van der Waals surface area contributed by atoms with E-state index >= 15 is 0 Å². The van der Waals surface area contributed by atoms with Crippen molar-refractivity contribution in [2.24, 2.45) is 0 Å². The topological polar surface area (TPSA) is 52.6 Å².